The summed E-state index contributed by atoms with van der Waals surface area (Å²) in [6.07, 6.45) is 0. The normalized spacial score (nSPS) is 10.4. The summed E-state index contributed by atoms with van der Waals surface area (Å²) in [6, 6.07) is 5.54. The van der Waals surface area contributed by atoms with Gasteiger partial charge in [0.1, 0.15) is 10.8 Å². The van der Waals surface area contributed by atoms with Gasteiger partial charge in [-0.05, 0) is 28.9 Å². The molecule has 0 saturated heterocycles. The van der Waals surface area contributed by atoms with Gasteiger partial charge in [0.25, 0.3) is 0 Å². The van der Waals surface area contributed by atoms with Crippen molar-refractivity contribution in [3.8, 4) is 5.75 Å². The second-order valence-electron chi connectivity index (χ2n) is 3.23. The van der Waals surface area contributed by atoms with Crippen LogP contribution in [0.4, 0.5) is 5.13 Å². The van der Waals surface area contributed by atoms with Gasteiger partial charge in [-0.3, -0.25) is 0 Å². The van der Waals surface area contributed by atoms with Crippen molar-refractivity contribution >= 4 is 32.4 Å². The number of phenolic OH excluding ortho intramolecular Hbond substituents is 1. The molecule has 0 atom stereocenters. The lowest BCUT2D eigenvalue weighted by atomic mass is 10.2. The zero-order chi connectivity index (χ0) is 11.5. The van der Waals surface area contributed by atoms with Crippen molar-refractivity contribution in [2.24, 2.45) is 0 Å². The lowest BCUT2D eigenvalue weighted by molar-refractivity contribution is 0.465. The van der Waals surface area contributed by atoms with E-state index in [9.17, 15) is 5.11 Å². The Hall–Kier alpha value is -1.14. The summed E-state index contributed by atoms with van der Waals surface area (Å²) < 4.78 is 0.695. The van der Waals surface area contributed by atoms with Crippen molar-refractivity contribution < 1.29 is 5.11 Å². The topological polar surface area (TPSA) is 58.0 Å². The van der Waals surface area contributed by atoms with Gasteiger partial charge in [0.05, 0.1) is 4.47 Å². The van der Waals surface area contributed by atoms with E-state index in [1.54, 1.807) is 6.07 Å². The molecule has 0 fully saturated rings. The van der Waals surface area contributed by atoms with Crippen LogP contribution in [-0.4, -0.2) is 15.3 Å². The summed E-state index contributed by atoms with van der Waals surface area (Å²) in [7, 11) is 0. The predicted molar refractivity (Wildman–Crippen MR) is 67.8 cm³/mol. The summed E-state index contributed by atoms with van der Waals surface area (Å²) >= 11 is 4.76. The van der Waals surface area contributed by atoms with Crippen LogP contribution < -0.4 is 5.32 Å². The zero-order valence-electron chi connectivity index (χ0n) is 8.57. The molecule has 0 unspecified atom stereocenters. The third-order valence-corrected chi connectivity index (χ3v) is 3.46. The molecule has 0 amide bonds. The Bertz CT molecular complexity index is 501. The molecule has 0 aliphatic heterocycles. The van der Waals surface area contributed by atoms with E-state index in [0.29, 0.717) is 11.0 Å². The van der Waals surface area contributed by atoms with Gasteiger partial charge in [-0.2, -0.15) is 0 Å². The molecule has 1 aromatic heterocycles. The van der Waals surface area contributed by atoms with Crippen LogP contribution in [0.5, 0.6) is 5.75 Å². The molecule has 4 nitrogen and oxygen atoms in total. The van der Waals surface area contributed by atoms with Crippen LogP contribution in [0, 0.1) is 6.92 Å². The van der Waals surface area contributed by atoms with Crippen LogP contribution in [0.1, 0.15) is 10.6 Å². The van der Waals surface area contributed by atoms with Crippen LogP contribution in [0.3, 0.4) is 0 Å². The molecule has 0 aliphatic rings. The van der Waals surface area contributed by atoms with Crippen molar-refractivity contribution in [2.45, 2.75) is 13.5 Å². The van der Waals surface area contributed by atoms with Gasteiger partial charge in [-0.1, -0.05) is 23.5 Å². The van der Waals surface area contributed by atoms with Gasteiger partial charge >= 0.3 is 0 Å². The summed E-state index contributed by atoms with van der Waals surface area (Å²) in [5.74, 6) is 0.260. The average molecular weight is 300 g/mol. The highest BCUT2D eigenvalue weighted by Gasteiger charge is 2.05. The third kappa shape index (κ3) is 2.51. The minimum atomic E-state index is 0.260. The molecule has 0 spiro atoms. The van der Waals surface area contributed by atoms with Gasteiger partial charge in [-0.25, -0.2) is 0 Å². The number of hydrogen-bond donors (Lipinski definition) is 2. The first-order valence-corrected chi connectivity index (χ1v) is 6.28. The van der Waals surface area contributed by atoms with E-state index in [0.717, 1.165) is 15.7 Å². The Morgan fingerprint density at radius 1 is 1.44 bits per heavy atom. The lowest BCUT2D eigenvalue weighted by Crippen LogP contribution is -1.99. The minimum absolute atomic E-state index is 0.260. The molecule has 0 radical (unpaired) electrons. The molecular formula is C10H10BrN3OS. The summed E-state index contributed by atoms with van der Waals surface area (Å²) in [5.41, 5.74) is 0.822. The summed E-state index contributed by atoms with van der Waals surface area (Å²) in [4.78, 5) is 0. The van der Waals surface area contributed by atoms with E-state index in [4.69, 9.17) is 0 Å². The fourth-order valence-corrected chi connectivity index (χ4v) is 2.24. The highest BCUT2D eigenvalue weighted by Crippen LogP contribution is 2.28. The molecule has 2 N–H and O–H groups in total. The minimum Gasteiger partial charge on any atom is -0.506 e. The van der Waals surface area contributed by atoms with Gasteiger partial charge in [0, 0.05) is 12.1 Å². The second-order valence-corrected chi connectivity index (χ2v) is 5.26. The maximum atomic E-state index is 9.76. The molecular weight excluding hydrogens is 290 g/mol. The van der Waals surface area contributed by atoms with Crippen molar-refractivity contribution in [1.82, 2.24) is 10.2 Å². The maximum absolute atomic E-state index is 9.76. The van der Waals surface area contributed by atoms with Crippen LogP contribution in [-0.2, 0) is 6.54 Å². The number of benzene rings is 1. The van der Waals surface area contributed by atoms with Gasteiger partial charge < -0.3 is 10.4 Å². The number of aromatic hydroxyl groups is 1. The number of phenols is 1. The number of para-hydroxylation sites is 1. The van der Waals surface area contributed by atoms with Gasteiger partial charge in [0.15, 0.2) is 0 Å². The quantitative estimate of drug-likeness (QED) is 0.915. The van der Waals surface area contributed by atoms with Crippen LogP contribution in [0.25, 0.3) is 0 Å². The van der Waals surface area contributed by atoms with E-state index >= 15 is 0 Å². The fraction of sp³-hybridized carbons (Fsp3) is 0.200. The number of nitrogens with one attached hydrogen (secondary N) is 1. The second kappa shape index (κ2) is 4.80. The molecule has 1 heterocycles. The van der Waals surface area contributed by atoms with E-state index in [2.05, 4.69) is 31.4 Å². The molecule has 0 aliphatic carbocycles. The van der Waals surface area contributed by atoms with Crippen molar-refractivity contribution in [1.29, 1.82) is 0 Å². The monoisotopic (exact) mass is 299 g/mol. The summed E-state index contributed by atoms with van der Waals surface area (Å²) in [6.45, 7) is 2.43. The van der Waals surface area contributed by atoms with E-state index in [-0.39, 0.29) is 5.75 Å². The Kier molecular flexibility index (Phi) is 3.40. The summed E-state index contributed by atoms with van der Waals surface area (Å²) in [5, 5.41) is 22.4. The molecule has 6 heteroatoms. The Balaban J connectivity index is 2.07. The van der Waals surface area contributed by atoms with Crippen LogP contribution >= 0.6 is 27.3 Å². The number of aromatic nitrogens is 2. The van der Waals surface area contributed by atoms with Crippen molar-refractivity contribution in [2.75, 3.05) is 5.32 Å². The number of halogens is 1. The first kappa shape index (κ1) is 11.3. The van der Waals surface area contributed by atoms with Crippen LogP contribution in [0.2, 0.25) is 0 Å². The molecule has 0 saturated carbocycles. The Morgan fingerprint density at radius 2 is 2.25 bits per heavy atom. The maximum Gasteiger partial charge on any atom is 0.205 e. The average Bonchev–Trinajstić information content (AvgIpc) is 2.67. The smallest absolute Gasteiger partial charge is 0.205 e. The highest BCUT2D eigenvalue weighted by atomic mass is 79.9. The first-order chi connectivity index (χ1) is 7.66. The standard InChI is InChI=1S/C10H10BrN3OS/c1-6-13-14-10(16-6)12-5-7-3-2-4-8(11)9(7)15/h2-4,15H,5H2,1H3,(H,12,14). The van der Waals surface area contributed by atoms with E-state index in [1.807, 2.05) is 19.1 Å². The zero-order valence-corrected chi connectivity index (χ0v) is 11.0. The van der Waals surface area contributed by atoms with Crippen LogP contribution in [0.15, 0.2) is 22.7 Å². The molecule has 84 valence electrons. The number of hydrogen-bond acceptors (Lipinski definition) is 5. The number of rotatable bonds is 3. The number of aryl methyl sites for hydroxylation is 1. The Morgan fingerprint density at radius 3 is 2.94 bits per heavy atom. The van der Waals surface area contributed by atoms with Crippen molar-refractivity contribution in [3.05, 3.63) is 33.2 Å². The third-order valence-electron chi connectivity index (χ3n) is 2.03. The predicted octanol–water partition coefficient (Wildman–Crippen LogP) is 2.93. The molecule has 16 heavy (non-hydrogen) atoms. The largest absolute Gasteiger partial charge is 0.506 e. The lowest BCUT2D eigenvalue weighted by Gasteiger charge is -2.06. The Labute approximate surface area is 105 Å². The van der Waals surface area contributed by atoms with E-state index in [1.165, 1.54) is 11.3 Å². The number of anilines is 1. The van der Waals surface area contributed by atoms with Gasteiger partial charge in [-0.15, -0.1) is 10.2 Å². The van der Waals surface area contributed by atoms with E-state index < -0.39 is 0 Å². The highest BCUT2D eigenvalue weighted by molar-refractivity contribution is 9.10. The van der Waals surface area contributed by atoms with Crippen molar-refractivity contribution in [3.63, 3.8) is 0 Å². The number of nitrogens with zero attached hydrogens (tertiary/aromatic N) is 2. The SMILES string of the molecule is Cc1nnc(NCc2cccc(Br)c2O)s1. The fourth-order valence-electron chi connectivity index (χ4n) is 1.24. The first-order valence-electron chi connectivity index (χ1n) is 4.67. The molecule has 1 aromatic carbocycles. The molecule has 2 aromatic rings. The molecule has 0 bridgehead atoms. The van der Waals surface area contributed by atoms with Gasteiger partial charge in [0.2, 0.25) is 5.13 Å². The molecule has 2 rings (SSSR count).